The van der Waals surface area contributed by atoms with Gasteiger partial charge in [0.15, 0.2) is 0 Å². The highest BCUT2D eigenvalue weighted by molar-refractivity contribution is 7.60. The van der Waals surface area contributed by atoms with Gasteiger partial charge in [-0.1, -0.05) is 42.5 Å². The summed E-state index contributed by atoms with van der Waals surface area (Å²) in [5.41, 5.74) is 5.10. The van der Waals surface area contributed by atoms with Crippen LogP contribution in [-0.4, -0.2) is 21.0 Å². The van der Waals surface area contributed by atoms with Crippen LogP contribution in [0.4, 0.5) is 0 Å². The molecule has 2 N–H and O–H groups in total. The molecule has 4 aromatic carbocycles. The van der Waals surface area contributed by atoms with E-state index in [0.717, 1.165) is 33.6 Å². The number of hydrogen-bond donors (Lipinski definition) is 2. The fourth-order valence-corrected chi connectivity index (χ4v) is 4.67. The maximum atomic E-state index is 11.4. The quantitative estimate of drug-likeness (QED) is 0.344. The van der Waals surface area contributed by atoms with Crippen molar-refractivity contribution in [1.82, 2.24) is 4.57 Å². The molecule has 0 bridgehead atoms. The number of nitrogens with zero attached hydrogens (tertiary/aromatic N) is 1. The van der Waals surface area contributed by atoms with E-state index in [1.54, 1.807) is 12.1 Å². The molecule has 1 aromatic heterocycles. The molecule has 32 heavy (non-hydrogen) atoms. The lowest BCUT2D eigenvalue weighted by molar-refractivity contribution is 0.340. The molecule has 0 amide bonds. The largest absolute Gasteiger partial charge is 0.494 e. The molecule has 5 rings (SSSR count). The predicted molar refractivity (Wildman–Crippen MR) is 129 cm³/mol. The number of benzene rings is 4. The Morgan fingerprint density at radius 3 is 2.06 bits per heavy atom. The van der Waals surface area contributed by atoms with Crippen molar-refractivity contribution in [2.45, 2.75) is 6.92 Å². The SMILES string of the molecule is CCOc1ccc2c3ccccc3n(-c3ccc(-c4ccc(P(=O)(O)O)cc4)cc3)c2c1. The number of rotatable bonds is 5. The van der Waals surface area contributed by atoms with Crippen LogP contribution in [0.5, 0.6) is 5.75 Å². The molecular formula is C26H22NO4P. The highest BCUT2D eigenvalue weighted by atomic mass is 31.2. The van der Waals surface area contributed by atoms with Crippen LogP contribution < -0.4 is 10.0 Å². The topological polar surface area (TPSA) is 71.7 Å². The van der Waals surface area contributed by atoms with Gasteiger partial charge in [0, 0.05) is 22.5 Å². The summed E-state index contributed by atoms with van der Waals surface area (Å²) < 4.78 is 19.4. The molecule has 0 radical (unpaired) electrons. The van der Waals surface area contributed by atoms with Crippen molar-refractivity contribution in [3.8, 4) is 22.6 Å². The van der Waals surface area contributed by atoms with Gasteiger partial charge < -0.3 is 19.1 Å². The lowest BCUT2D eigenvalue weighted by Gasteiger charge is -2.11. The summed E-state index contributed by atoms with van der Waals surface area (Å²) in [5, 5.41) is 2.37. The van der Waals surface area contributed by atoms with Gasteiger partial charge in [-0.05, 0) is 60.5 Å². The van der Waals surface area contributed by atoms with Crippen molar-refractivity contribution in [3.05, 3.63) is 91.0 Å². The first-order valence-corrected chi connectivity index (χ1v) is 12.0. The molecule has 0 aliphatic heterocycles. The molecule has 6 heteroatoms. The minimum absolute atomic E-state index is 0.0215. The van der Waals surface area contributed by atoms with E-state index in [4.69, 9.17) is 4.74 Å². The summed E-state index contributed by atoms with van der Waals surface area (Å²) in [6, 6.07) is 29.1. The molecule has 0 fully saturated rings. The van der Waals surface area contributed by atoms with Crippen LogP contribution in [0.25, 0.3) is 38.6 Å². The molecular weight excluding hydrogens is 421 g/mol. The number of fused-ring (bicyclic) bond motifs is 3. The van der Waals surface area contributed by atoms with Crippen LogP contribution in [0.3, 0.4) is 0 Å². The highest BCUT2D eigenvalue weighted by Crippen LogP contribution is 2.36. The number of para-hydroxylation sites is 1. The van der Waals surface area contributed by atoms with Crippen LogP contribution in [-0.2, 0) is 4.57 Å². The van der Waals surface area contributed by atoms with E-state index >= 15 is 0 Å². The van der Waals surface area contributed by atoms with E-state index in [0.29, 0.717) is 6.61 Å². The van der Waals surface area contributed by atoms with Gasteiger partial charge in [0.1, 0.15) is 5.75 Å². The minimum Gasteiger partial charge on any atom is -0.494 e. The van der Waals surface area contributed by atoms with E-state index in [-0.39, 0.29) is 5.30 Å². The van der Waals surface area contributed by atoms with Crippen molar-refractivity contribution in [1.29, 1.82) is 0 Å². The van der Waals surface area contributed by atoms with E-state index in [9.17, 15) is 14.4 Å². The second kappa shape index (κ2) is 7.95. The molecule has 0 aliphatic carbocycles. The molecule has 160 valence electrons. The fourth-order valence-electron chi connectivity index (χ4n) is 4.14. The van der Waals surface area contributed by atoms with E-state index in [2.05, 4.69) is 41.0 Å². The second-order valence-corrected chi connectivity index (χ2v) is 9.21. The summed E-state index contributed by atoms with van der Waals surface area (Å²) in [4.78, 5) is 18.6. The third-order valence-corrected chi connectivity index (χ3v) is 6.59. The smallest absolute Gasteiger partial charge is 0.356 e. The van der Waals surface area contributed by atoms with E-state index in [1.807, 2.05) is 37.3 Å². The zero-order valence-corrected chi connectivity index (χ0v) is 18.4. The van der Waals surface area contributed by atoms with E-state index in [1.165, 1.54) is 22.9 Å². The Bertz CT molecular complexity index is 1460. The summed E-state index contributed by atoms with van der Waals surface area (Å²) in [6.07, 6.45) is 0. The highest BCUT2D eigenvalue weighted by Gasteiger charge is 2.16. The number of hydrogen-bond acceptors (Lipinski definition) is 2. The summed E-state index contributed by atoms with van der Waals surface area (Å²) in [7, 11) is -4.24. The molecule has 0 aliphatic rings. The number of aromatic nitrogens is 1. The molecule has 5 nitrogen and oxygen atoms in total. The van der Waals surface area contributed by atoms with Gasteiger partial charge >= 0.3 is 7.60 Å². The summed E-state index contributed by atoms with van der Waals surface area (Å²) in [6.45, 7) is 2.59. The maximum Gasteiger partial charge on any atom is 0.356 e. The zero-order valence-electron chi connectivity index (χ0n) is 17.5. The van der Waals surface area contributed by atoms with Crippen molar-refractivity contribution in [2.75, 3.05) is 6.61 Å². The van der Waals surface area contributed by atoms with Gasteiger partial charge in [-0.2, -0.15) is 0 Å². The van der Waals surface area contributed by atoms with Gasteiger partial charge in [0.25, 0.3) is 0 Å². The Morgan fingerprint density at radius 1 is 0.781 bits per heavy atom. The Morgan fingerprint density at radius 2 is 1.41 bits per heavy atom. The van der Waals surface area contributed by atoms with Crippen molar-refractivity contribution in [3.63, 3.8) is 0 Å². The predicted octanol–water partition coefficient (Wildman–Crippen LogP) is 5.65. The molecule has 1 heterocycles. The Kier molecular flexibility index (Phi) is 5.10. The van der Waals surface area contributed by atoms with Crippen LogP contribution in [0.15, 0.2) is 91.0 Å². The standard InChI is InChI=1S/C26H22NO4P/c1-2-31-21-13-16-24-23-5-3-4-6-25(23)27(26(24)17-21)20-11-7-18(8-12-20)19-9-14-22(15-10-19)32(28,29)30/h3-17H,2H2,1H3,(H2,28,29,30). The first-order chi connectivity index (χ1) is 15.5. The lowest BCUT2D eigenvalue weighted by Crippen LogP contribution is -2.02. The average molecular weight is 443 g/mol. The normalized spacial score (nSPS) is 11.8. The van der Waals surface area contributed by atoms with Crippen LogP contribution in [0, 0.1) is 0 Å². The zero-order chi connectivity index (χ0) is 22.3. The van der Waals surface area contributed by atoms with Crippen molar-refractivity contribution >= 4 is 34.7 Å². The third-order valence-electron chi connectivity index (χ3n) is 5.62. The average Bonchev–Trinajstić information content (AvgIpc) is 3.13. The second-order valence-electron chi connectivity index (χ2n) is 7.60. The van der Waals surface area contributed by atoms with Crippen LogP contribution >= 0.6 is 7.60 Å². The Labute approximate surface area is 185 Å². The Balaban J connectivity index is 1.61. The lowest BCUT2D eigenvalue weighted by atomic mass is 10.1. The van der Waals surface area contributed by atoms with Crippen molar-refractivity contribution < 1.29 is 19.1 Å². The number of ether oxygens (including phenoxy) is 1. The molecule has 0 unspecified atom stereocenters. The maximum absolute atomic E-state index is 11.4. The van der Waals surface area contributed by atoms with Crippen LogP contribution in [0.1, 0.15) is 6.92 Å². The first-order valence-electron chi connectivity index (χ1n) is 10.4. The van der Waals surface area contributed by atoms with Gasteiger partial charge in [-0.25, -0.2) is 0 Å². The third kappa shape index (κ3) is 3.61. The molecule has 0 atom stereocenters. The first kappa shape index (κ1) is 20.5. The van der Waals surface area contributed by atoms with Gasteiger partial charge in [-0.15, -0.1) is 0 Å². The minimum atomic E-state index is -4.24. The monoisotopic (exact) mass is 443 g/mol. The van der Waals surface area contributed by atoms with E-state index < -0.39 is 7.60 Å². The van der Waals surface area contributed by atoms with Gasteiger partial charge in [-0.3, -0.25) is 4.57 Å². The summed E-state index contributed by atoms with van der Waals surface area (Å²) >= 11 is 0. The van der Waals surface area contributed by atoms with Crippen LogP contribution in [0.2, 0.25) is 0 Å². The Hall–Kier alpha value is -3.37. The molecule has 5 aromatic rings. The summed E-state index contributed by atoms with van der Waals surface area (Å²) in [5.74, 6) is 0.839. The molecule has 0 saturated heterocycles. The van der Waals surface area contributed by atoms with Gasteiger partial charge in [0.2, 0.25) is 0 Å². The van der Waals surface area contributed by atoms with Gasteiger partial charge in [0.05, 0.1) is 22.9 Å². The fraction of sp³-hybridized carbons (Fsp3) is 0.0769. The van der Waals surface area contributed by atoms with Crippen molar-refractivity contribution in [2.24, 2.45) is 0 Å². The molecule has 0 spiro atoms. The molecule has 0 saturated carbocycles.